The number of hydrogen-bond acceptors (Lipinski definition) is 14. The largest absolute Gasteiger partial charge is 0.508 e. The molecule has 14 heteroatoms. The molecule has 42 heavy (non-hydrogen) atoms. The van der Waals surface area contributed by atoms with Crippen LogP contribution in [-0.2, 0) is 14.2 Å². The summed E-state index contributed by atoms with van der Waals surface area (Å²) >= 11 is 0. The van der Waals surface area contributed by atoms with Crippen LogP contribution in [0.1, 0.15) is 18.6 Å². The van der Waals surface area contributed by atoms with E-state index in [2.05, 4.69) is 0 Å². The van der Waals surface area contributed by atoms with Gasteiger partial charge < -0.3 is 64.2 Å². The highest BCUT2D eigenvalue weighted by Crippen LogP contribution is 2.44. The minimum atomic E-state index is -1.80. The van der Waals surface area contributed by atoms with Gasteiger partial charge in [-0.1, -0.05) is 0 Å². The number of ether oxygens (including phenoxy) is 4. The summed E-state index contributed by atoms with van der Waals surface area (Å²) < 4.78 is 28.4. The molecule has 228 valence electrons. The van der Waals surface area contributed by atoms with E-state index in [0.717, 1.165) is 12.1 Å². The van der Waals surface area contributed by atoms with Crippen LogP contribution in [0.3, 0.4) is 0 Å². The Morgan fingerprint density at radius 1 is 0.833 bits per heavy atom. The maximum atomic E-state index is 13.1. The number of phenols is 2. The molecule has 0 aliphatic carbocycles. The third kappa shape index (κ3) is 5.32. The maximum Gasteiger partial charge on any atom is 0.197 e. The van der Waals surface area contributed by atoms with E-state index in [1.807, 2.05) is 0 Å². The summed E-state index contributed by atoms with van der Waals surface area (Å²) in [6.07, 6.45) is -15.0. The second-order valence-corrected chi connectivity index (χ2v) is 10.3. The highest BCUT2D eigenvalue weighted by Gasteiger charge is 2.48. The first kappa shape index (κ1) is 30.2. The van der Waals surface area contributed by atoms with Crippen LogP contribution in [0, 0.1) is 0 Å². The van der Waals surface area contributed by atoms with Crippen molar-refractivity contribution in [1.82, 2.24) is 0 Å². The van der Waals surface area contributed by atoms with Crippen molar-refractivity contribution >= 4 is 11.0 Å². The molecule has 0 saturated carbocycles. The predicted octanol–water partition coefficient (Wildman–Crippen LogP) is -0.754. The highest BCUT2D eigenvalue weighted by atomic mass is 16.7. The molecule has 0 bridgehead atoms. The van der Waals surface area contributed by atoms with E-state index in [4.69, 9.17) is 23.4 Å². The van der Waals surface area contributed by atoms with E-state index in [1.54, 1.807) is 0 Å². The van der Waals surface area contributed by atoms with Crippen molar-refractivity contribution < 1.29 is 64.2 Å². The Morgan fingerprint density at radius 2 is 1.50 bits per heavy atom. The molecule has 2 aliphatic rings. The molecule has 14 nitrogen and oxygen atoms in total. The fourth-order valence-electron chi connectivity index (χ4n) is 5.19. The lowest BCUT2D eigenvalue weighted by molar-refractivity contribution is -0.308. The minimum Gasteiger partial charge on any atom is -0.508 e. The van der Waals surface area contributed by atoms with Gasteiger partial charge in [-0.15, -0.1) is 0 Å². The van der Waals surface area contributed by atoms with Gasteiger partial charge in [0.25, 0.3) is 0 Å². The Balaban J connectivity index is 1.54. The Bertz CT molecular complexity index is 1470. The molecular weight excluding hydrogens is 560 g/mol. The molecule has 2 fully saturated rings. The first-order valence-electron chi connectivity index (χ1n) is 13.1. The SMILES string of the molecule is COc1cc(O)c2c(=O)cc(-c3ccc(O)cc3)oc2c1[C@@H]1O[C@H](CO[C@@H]2O[C@@H](C)[C@H](O)[C@@H](O)[C@H]2O)[C@@H](O)[C@H](O)[C@H]1O. The molecule has 2 aromatic carbocycles. The lowest BCUT2D eigenvalue weighted by atomic mass is 9.89. The molecule has 0 unspecified atom stereocenters. The average Bonchev–Trinajstić information content (AvgIpc) is 2.97. The summed E-state index contributed by atoms with van der Waals surface area (Å²) in [4.78, 5) is 13.1. The number of benzene rings is 2. The Kier molecular flexibility index (Phi) is 8.44. The molecule has 0 amide bonds. The van der Waals surface area contributed by atoms with Crippen LogP contribution >= 0.6 is 0 Å². The monoisotopic (exact) mass is 592 g/mol. The normalized spacial score (nSPS) is 33.5. The molecular formula is C28H32O14. The average molecular weight is 593 g/mol. The molecule has 0 spiro atoms. The number of hydrogen-bond donors (Lipinski definition) is 8. The number of aromatic hydroxyl groups is 2. The zero-order valence-electron chi connectivity index (χ0n) is 22.5. The molecule has 3 aromatic rings. The van der Waals surface area contributed by atoms with Gasteiger partial charge in [-0.05, 0) is 31.2 Å². The second kappa shape index (κ2) is 11.8. The number of methoxy groups -OCH3 is 1. The van der Waals surface area contributed by atoms with Crippen molar-refractivity contribution in [2.45, 2.75) is 68.1 Å². The second-order valence-electron chi connectivity index (χ2n) is 10.3. The quantitative estimate of drug-likeness (QED) is 0.176. The van der Waals surface area contributed by atoms with Gasteiger partial charge in [0.05, 0.1) is 25.4 Å². The number of aliphatic hydroxyl groups is 6. The molecule has 5 rings (SSSR count). The van der Waals surface area contributed by atoms with Crippen molar-refractivity contribution in [3.05, 3.63) is 52.2 Å². The van der Waals surface area contributed by atoms with E-state index in [0.29, 0.717) is 5.56 Å². The Labute approximate surface area is 238 Å². The van der Waals surface area contributed by atoms with Crippen molar-refractivity contribution in [2.24, 2.45) is 0 Å². The molecule has 0 radical (unpaired) electrons. The van der Waals surface area contributed by atoms with Gasteiger partial charge in [0.1, 0.15) is 77.2 Å². The molecule has 8 N–H and O–H groups in total. The first-order chi connectivity index (χ1) is 19.9. The molecule has 2 saturated heterocycles. The van der Waals surface area contributed by atoms with Gasteiger partial charge in [0.15, 0.2) is 17.3 Å². The van der Waals surface area contributed by atoms with Gasteiger partial charge in [-0.25, -0.2) is 0 Å². The highest BCUT2D eigenvalue weighted by molar-refractivity contribution is 5.89. The van der Waals surface area contributed by atoms with Gasteiger partial charge in [-0.3, -0.25) is 4.79 Å². The van der Waals surface area contributed by atoms with Gasteiger partial charge in [0, 0.05) is 17.7 Å². The lowest BCUT2D eigenvalue weighted by Gasteiger charge is -2.43. The van der Waals surface area contributed by atoms with Crippen LogP contribution in [-0.4, -0.2) is 110 Å². The summed E-state index contributed by atoms with van der Waals surface area (Å²) in [6.45, 7) is 0.945. The predicted molar refractivity (Wildman–Crippen MR) is 142 cm³/mol. The fraction of sp³-hybridized carbons (Fsp3) is 0.464. The summed E-state index contributed by atoms with van der Waals surface area (Å²) in [7, 11) is 1.26. The minimum absolute atomic E-state index is 0.0206. The Hall–Kier alpha value is -3.31. The number of phenolic OH excluding ortho intramolecular Hbond substituents is 2. The van der Waals surface area contributed by atoms with Crippen LogP contribution in [0.4, 0.5) is 0 Å². The smallest absolute Gasteiger partial charge is 0.197 e. The lowest BCUT2D eigenvalue weighted by Crippen LogP contribution is -2.59. The first-order valence-corrected chi connectivity index (χ1v) is 13.1. The number of aliphatic hydroxyl groups excluding tert-OH is 6. The summed E-state index contributed by atoms with van der Waals surface area (Å²) in [5, 5.41) is 82.7. The standard InChI is InChI=1S/C28H32O14/c1-10-20(32)22(34)25(37)28(40-10)39-9-17-21(33)23(35)24(36)27(42-17)19-16(38-2)8-14(31)18-13(30)7-15(41-26(18)19)11-3-5-12(29)6-4-11/h3-8,10,17,20-25,27-29,31-37H,9H2,1-2H3/t10-,17+,20-,21+,22+,23-,24+,25+,27-,28+/m0/s1. The fourth-order valence-corrected chi connectivity index (χ4v) is 5.19. The molecule has 2 aliphatic heterocycles. The van der Waals surface area contributed by atoms with Crippen LogP contribution in [0.5, 0.6) is 17.2 Å². The topological polar surface area (TPSA) is 229 Å². The number of fused-ring (bicyclic) bond motifs is 1. The molecule has 10 atom stereocenters. The number of rotatable bonds is 6. The van der Waals surface area contributed by atoms with Crippen molar-refractivity contribution in [2.75, 3.05) is 13.7 Å². The van der Waals surface area contributed by atoms with Crippen molar-refractivity contribution in [3.63, 3.8) is 0 Å². The summed E-state index contributed by atoms with van der Waals surface area (Å²) in [5.41, 5.74) is -0.538. The third-order valence-electron chi connectivity index (χ3n) is 7.58. The van der Waals surface area contributed by atoms with E-state index < -0.39 is 79.0 Å². The van der Waals surface area contributed by atoms with Gasteiger partial charge >= 0.3 is 0 Å². The Morgan fingerprint density at radius 3 is 2.17 bits per heavy atom. The zero-order valence-corrected chi connectivity index (χ0v) is 22.5. The van der Waals surface area contributed by atoms with Gasteiger partial charge in [-0.2, -0.15) is 0 Å². The van der Waals surface area contributed by atoms with Crippen LogP contribution in [0.15, 0.2) is 45.6 Å². The zero-order chi connectivity index (χ0) is 30.5. The molecule has 3 heterocycles. The van der Waals surface area contributed by atoms with E-state index in [1.165, 1.54) is 38.3 Å². The maximum absolute atomic E-state index is 13.1. The van der Waals surface area contributed by atoms with Gasteiger partial charge in [0.2, 0.25) is 0 Å². The van der Waals surface area contributed by atoms with Crippen LogP contribution in [0.2, 0.25) is 0 Å². The van der Waals surface area contributed by atoms with E-state index in [9.17, 15) is 45.6 Å². The van der Waals surface area contributed by atoms with E-state index >= 15 is 0 Å². The van der Waals surface area contributed by atoms with Crippen LogP contribution < -0.4 is 10.2 Å². The van der Waals surface area contributed by atoms with E-state index in [-0.39, 0.29) is 33.8 Å². The summed E-state index contributed by atoms with van der Waals surface area (Å²) in [5.74, 6) is -0.533. The van der Waals surface area contributed by atoms with Crippen molar-refractivity contribution in [3.8, 4) is 28.6 Å². The van der Waals surface area contributed by atoms with Crippen LogP contribution in [0.25, 0.3) is 22.3 Å². The van der Waals surface area contributed by atoms with Crippen molar-refractivity contribution in [1.29, 1.82) is 0 Å². The molecule has 1 aromatic heterocycles. The third-order valence-corrected chi connectivity index (χ3v) is 7.58. The summed E-state index contributed by atoms with van der Waals surface area (Å²) in [6, 6.07) is 8.02.